The number of nitrogens with zero attached hydrogens (tertiary/aromatic N) is 5. The van der Waals surface area contributed by atoms with Crippen LogP contribution in [0.5, 0.6) is 0 Å². The Morgan fingerprint density at radius 2 is 1.87 bits per heavy atom. The standard InChI is InChI=1S/C21H28N6O3/c1-21(2,3)30-20(29)27-11-9-26(10-12-27)17-6-7-18(22-14-17)24-19(28)8-5-16-13-23-25(4)15-16/h5-8,13-15H,9-12H2,1-4H3,(H,22,24,28)/b8-5+. The topological polar surface area (TPSA) is 92.6 Å². The van der Waals surface area contributed by atoms with Gasteiger partial charge >= 0.3 is 6.09 Å². The Morgan fingerprint density at radius 1 is 1.13 bits per heavy atom. The van der Waals surface area contributed by atoms with Crippen LogP contribution >= 0.6 is 0 Å². The first kappa shape index (κ1) is 21.4. The van der Waals surface area contributed by atoms with Gasteiger partial charge in [0.15, 0.2) is 0 Å². The number of carbonyl (C=O) groups is 2. The van der Waals surface area contributed by atoms with E-state index in [1.54, 1.807) is 34.1 Å². The van der Waals surface area contributed by atoms with Crippen LogP contribution in [0.15, 0.2) is 36.8 Å². The molecule has 0 radical (unpaired) electrons. The first-order chi connectivity index (χ1) is 14.2. The van der Waals surface area contributed by atoms with Crippen LogP contribution in [0.2, 0.25) is 0 Å². The van der Waals surface area contributed by atoms with E-state index in [1.807, 2.05) is 40.1 Å². The highest BCUT2D eigenvalue weighted by atomic mass is 16.6. The summed E-state index contributed by atoms with van der Waals surface area (Å²) in [5, 5.41) is 6.79. The smallest absolute Gasteiger partial charge is 0.410 e. The Kier molecular flexibility index (Phi) is 6.39. The third kappa shape index (κ3) is 6.07. The molecule has 0 saturated carbocycles. The monoisotopic (exact) mass is 412 g/mol. The average molecular weight is 412 g/mol. The molecule has 2 amide bonds. The number of piperazine rings is 1. The van der Waals surface area contributed by atoms with E-state index >= 15 is 0 Å². The van der Waals surface area contributed by atoms with Crippen molar-refractivity contribution in [2.45, 2.75) is 26.4 Å². The van der Waals surface area contributed by atoms with E-state index in [4.69, 9.17) is 4.74 Å². The van der Waals surface area contributed by atoms with Crippen LogP contribution in [-0.4, -0.2) is 63.4 Å². The average Bonchev–Trinajstić information content (AvgIpc) is 3.11. The number of pyridine rings is 1. The highest BCUT2D eigenvalue weighted by Gasteiger charge is 2.26. The predicted molar refractivity (Wildman–Crippen MR) is 115 cm³/mol. The molecule has 0 unspecified atom stereocenters. The number of aryl methyl sites for hydroxylation is 1. The number of amides is 2. The number of nitrogens with one attached hydrogen (secondary N) is 1. The number of anilines is 2. The first-order valence-electron chi connectivity index (χ1n) is 9.86. The van der Waals surface area contributed by atoms with Gasteiger partial charge in [0.05, 0.1) is 18.1 Å². The van der Waals surface area contributed by atoms with Crippen molar-refractivity contribution in [1.29, 1.82) is 0 Å². The minimum absolute atomic E-state index is 0.259. The lowest BCUT2D eigenvalue weighted by Crippen LogP contribution is -2.50. The van der Waals surface area contributed by atoms with Crippen LogP contribution in [0.1, 0.15) is 26.3 Å². The summed E-state index contributed by atoms with van der Waals surface area (Å²) in [7, 11) is 1.82. The van der Waals surface area contributed by atoms with Gasteiger partial charge in [-0.3, -0.25) is 9.48 Å². The molecule has 9 heteroatoms. The Labute approximate surface area is 176 Å². The molecule has 3 heterocycles. The van der Waals surface area contributed by atoms with Crippen molar-refractivity contribution in [2.75, 3.05) is 36.4 Å². The summed E-state index contributed by atoms with van der Waals surface area (Å²) in [6, 6.07) is 3.68. The van der Waals surface area contributed by atoms with E-state index in [-0.39, 0.29) is 12.0 Å². The quantitative estimate of drug-likeness (QED) is 0.776. The molecule has 3 rings (SSSR count). The molecule has 0 atom stereocenters. The van der Waals surface area contributed by atoms with E-state index in [2.05, 4.69) is 20.3 Å². The molecular weight excluding hydrogens is 384 g/mol. The first-order valence-corrected chi connectivity index (χ1v) is 9.86. The van der Waals surface area contributed by atoms with Crippen molar-refractivity contribution >= 4 is 29.6 Å². The van der Waals surface area contributed by atoms with Crippen LogP contribution in [0.4, 0.5) is 16.3 Å². The lowest BCUT2D eigenvalue weighted by Gasteiger charge is -2.36. The van der Waals surface area contributed by atoms with Gasteiger partial charge in [0.2, 0.25) is 5.91 Å². The summed E-state index contributed by atoms with van der Waals surface area (Å²) in [5.74, 6) is 0.219. The van der Waals surface area contributed by atoms with Gasteiger partial charge in [0.1, 0.15) is 11.4 Å². The maximum Gasteiger partial charge on any atom is 0.410 e. The Bertz CT molecular complexity index is 906. The lowest BCUT2D eigenvalue weighted by molar-refractivity contribution is -0.111. The normalized spacial score (nSPS) is 14.8. The van der Waals surface area contributed by atoms with Crippen molar-refractivity contribution in [3.63, 3.8) is 0 Å². The molecular formula is C21H28N6O3. The third-order valence-electron chi connectivity index (χ3n) is 4.45. The van der Waals surface area contributed by atoms with Gasteiger partial charge < -0.3 is 19.9 Å². The van der Waals surface area contributed by atoms with E-state index in [1.165, 1.54) is 6.08 Å². The highest BCUT2D eigenvalue weighted by molar-refractivity contribution is 6.01. The Balaban J connectivity index is 1.49. The highest BCUT2D eigenvalue weighted by Crippen LogP contribution is 2.18. The molecule has 1 aliphatic rings. The largest absolute Gasteiger partial charge is 0.444 e. The molecule has 1 saturated heterocycles. The van der Waals surface area contributed by atoms with Gasteiger partial charge in [-0.2, -0.15) is 5.10 Å². The van der Waals surface area contributed by atoms with Gasteiger partial charge in [-0.25, -0.2) is 9.78 Å². The van der Waals surface area contributed by atoms with Crippen molar-refractivity contribution in [3.05, 3.63) is 42.4 Å². The maximum atomic E-state index is 12.2. The molecule has 30 heavy (non-hydrogen) atoms. The van der Waals surface area contributed by atoms with E-state index < -0.39 is 5.60 Å². The fourth-order valence-corrected chi connectivity index (χ4v) is 2.99. The van der Waals surface area contributed by atoms with Crippen LogP contribution in [0.25, 0.3) is 6.08 Å². The zero-order valence-corrected chi connectivity index (χ0v) is 17.8. The summed E-state index contributed by atoms with van der Waals surface area (Å²) in [6.45, 7) is 8.16. The number of aromatic nitrogens is 3. The number of carbonyl (C=O) groups excluding carboxylic acids is 2. The molecule has 1 aliphatic heterocycles. The molecule has 0 bridgehead atoms. The molecule has 1 N–H and O–H groups in total. The second-order valence-electron chi connectivity index (χ2n) is 8.13. The fourth-order valence-electron chi connectivity index (χ4n) is 2.99. The van der Waals surface area contributed by atoms with Gasteiger partial charge in [0, 0.05) is 51.1 Å². The summed E-state index contributed by atoms with van der Waals surface area (Å²) < 4.78 is 7.10. The molecule has 160 valence electrons. The Morgan fingerprint density at radius 3 is 2.43 bits per heavy atom. The molecule has 1 fully saturated rings. The number of hydrogen-bond donors (Lipinski definition) is 1. The van der Waals surface area contributed by atoms with Gasteiger partial charge in [0.25, 0.3) is 0 Å². The number of hydrogen-bond acceptors (Lipinski definition) is 6. The fraction of sp³-hybridized carbons (Fsp3) is 0.429. The molecule has 0 spiro atoms. The van der Waals surface area contributed by atoms with Crippen molar-refractivity contribution < 1.29 is 14.3 Å². The van der Waals surface area contributed by atoms with Crippen LogP contribution in [-0.2, 0) is 16.6 Å². The van der Waals surface area contributed by atoms with Crippen molar-refractivity contribution in [3.8, 4) is 0 Å². The molecule has 0 aliphatic carbocycles. The van der Waals surface area contributed by atoms with E-state index in [0.29, 0.717) is 32.0 Å². The van der Waals surface area contributed by atoms with Gasteiger partial charge in [-0.1, -0.05) is 0 Å². The summed E-state index contributed by atoms with van der Waals surface area (Å²) in [5.41, 5.74) is 1.30. The van der Waals surface area contributed by atoms with E-state index in [9.17, 15) is 9.59 Å². The minimum Gasteiger partial charge on any atom is -0.444 e. The summed E-state index contributed by atoms with van der Waals surface area (Å²) >= 11 is 0. The minimum atomic E-state index is -0.494. The lowest BCUT2D eigenvalue weighted by atomic mass is 10.2. The van der Waals surface area contributed by atoms with Crippen LogP contribution in [0.3, 0.4) is 0 Å². The molecule has 0 aromatic carbocycles. The second-order valence-corrected chi connectivity index (χ2v) is 8.13. The van der Waals surface area contributed by atoms with Crippen molar-refractivity contribution in [2.24, 2.45) is 7.05 Å². The third-order valence-corrected chi connectivity index (χ3v) is 4.45. The van der Waals surface area contributed by atoms with Crippen molar-refractivity contribution in [1.82, 2.24) is 19.7 Å². The maximum absolute atomic E-state index is 12.2. The zero-order chi connectivity index (χ0) is 21.7. The Hall–Kier alpha value is -3.36. The summed E-state index contributed by atoms with van der Waals surface area (Å²) in [6.07, 6.45) is 8.09. The zero-order valence-electron chi connectivity index (χ0n) is 17.8. The van der Waals surface area contributed by atoms with Gasteiger partial charge in [-0.15, -0.1) is 0 Å². The number of ether oxygens (including phenoxy) is 1. The number of rotatable bonds is 4. The molecule has 2 aromatic heterocycles. The van der Waals surface area contributed by atoms with Crippen LogP contribution < -0.4 is 10.2 Å². The predicted octanol–water partition coefficient (Wildman–Crippen LogP) is 2.52. The second kappa shape index (κ2) is 8.98. The molecule has 2 aromatic rings. The van der Waals surface area contributed by atoms with Gasteiger partial charge in [-0.05, 0) is 39.0 Å². The van der Waals surface area contributed by atoms with Crippen LogP contribution in [0, 0.1) is 0 Å². The van der Waals surface area contributed by atoms with E-state index in [0.717, 1.165) is 11.3 Å². The summed E-state index contributed by atoms with van der Waals surface area (Å²) in [4.78, 5) is 32.4. The SMILES string of the molecule is Cn1cc(/C=C/C(=O)Nc2ccc(N3CCN(C(=O)OC(C)(C)C)CC3)cn2)cn1. The molecule has 9 nitrogen and oxygen atoms in total.